The van der Waals surface area contributed by atoms with E-state index in [1.807, 2.05) is 37.3 Å². The normalized spacial score (nSPS) is 12.8. The van der Waals surface area contributed by atoms with Crippen LogP contribution in [0.1, 0.15) is 36.6 Å². The van der Waals surface area contributed by atoms with Crippen molar-refractivity contribution in [3.8, 4) is 0 Å². The van der Waals surface area contributed by atoms with Gasteiger partial charge in [0.2, 0.25) is 0 Å². The van der Waals surface area contributed by atoms with Gasteiger partial charge in [-0.1, -0.05) is 48.5 Å². The van der Waals surface area contributed by atoms with Gasteiger partial charge < -0.3 is 0 Å². The van der Waals surface area contributed by atoms with Crippen LogP contribution in [0.15, 0.2) is 78.9 Å². The lowest BCUT2D eigenvalue weighted by atomic mass is 10.1. The number of anilines is 1. The number of rotatable bonds is 4. The highest BCUT2D eigenvalue weighted by molar-refractivity contribution is 6.22. The molecule has 1 heterocycles. The van der Waals surface area contributed by atoms with Crippen molar-refractivity contribution in [2.24, 2.45) is 0 Å². The van der Waals surface area contributed by atoms with Crippen LogP contribution in [0.4, 0.5) is 5.69 Å². The average Bonchev–Trinajstić information content (AvgIpc) is 2.97. The van der Waals surface area contributed by atoms with Gasteiger partial charge in [0.05, 0.1) is 11.1 Å². The molecule has 0 fully saturated rings. The van der Waals surface area contributed by atoms with E-state index >= 15 is 0 Å². The lowest BCUT2D eigenvalue weighted by Crippen LogP contribution is -2.44. The van der Waals surface area contributed by atoms with Gasteiger partial charge in [-0.25, -0.2) is 0 Å². The van der Waals surface area contributed by atoms with Crippen molar-refractivity contribution in [2.45, 2.75) is 6.92 Å². The second-order valence-electron chi connectivity index (χ2n) is 6.61. The highest BCUT2D eigenvalue weighted by Gasteiger charge is 2.37. The molecule has 1 aliphatic rings. The zero-order valence-corrected chi connectivity index (χ0v) is 15.3. The van der Waals surface area contributed by atoms with Crippen LogP contribution in [-0.4, -0.2) is 29.3 Å². The summed E-state index contributed by atoms with van der Waals surface area (Å²) in [5.74, 6) is -1.04. The number of imide groups is 1. The molecule has 0 saturated carbocycles. The molecule has 0 unspecified atom stereocenters. The fraction of sp³-hybridized carbons (Fsp3) is 0.0870. The number of hydrogen-bond donors (Lipinski definition) is 0. The van der Waals surface area contributed by atoms with Gasteiger partial charge in [0.1, 0.15) is 6.67 Å². The van der Waals surface area contributed by atoms with E-state index in [1.54, 1.807) is 48.5 Å². The molecule has 0 spiro atoms. The van der Waals surface area contributed by atoms with E-state index in [9.17, 15) is 14.4 Å². The molecule has 0 atom stereocenters. The number of amides is 3. The average molecular weight is 370 g/mol. The lowest BCUT2D eigenvalue weighted by molar-refractivity contribution is 0.0650. The number of carbonyl (C=O) groups excluding carboxylic acids is 3. The van der Waals surface area contributed by atoms with Gasteiger partial charge in [-0.2, -0.15) is 0 Å². The molecule has 0 saturated heterocycles. The summed E-state index contributed by atoms with van der Waals surface area (Å²) in [6, 6.07) is 23.0. The standard InChI is InChI=1S/C23H18N2O3/c1-16-9-5-6-12-18(16)21(26)24(17-10-3-2-4-11-17)15-25-22(27)19-13-7-8-14-20(19)23(25)28/h2-14H,15H2,1H3. The van der Waals surface area contributed by atoms with E-state index in [-0.39, 0.29) is 24.4 Å². The Hall–Kier alpha value is -3.73. The lowest BCUT2D eigenvalue weighted by Gasteiger charge is -2.27. The van der Waals surface area contributed by atoms with Gasteiger partial charge in [0.15, 0.2) is 0 Å². The third kappa shape index (κ3) is 2.97. The smallest absolute Gasteiger partial charge is 0.263 e. The minimum Gasteiger partial charge on any atom is -0.290 e. The predicted molar refractivity (Wildman–Crippen MR) is 106 cm³/mol. The molecule has 28 heavy (non-hydrogen) atoms. The SMILES string of the molecule is Cc1ccccc1C(=O)N(CN1C(=O)c2ccccc2C1=O)c1ccccc1. The first-order chi connectivity index (χ1) is 13.6. The van der Waals surface area contributed by atoms with Gasteiger partial charge in [0, 0.05) is 11.3 Å². The van der Waals surface area contributed by atoms with Crippen molar-refractivity contribution in [1.82, 2.24) is 4.90 Å². The molecule has 3 amide bonds. The van der Waals surface area contributed by atoms with Crippen LogP contribution < -0.4 is 4.90 Å². The maximum atomic E-state index is 13.3. The number of fused-ring (bicyclic) bond motifs is 1. The van der Waals surface area contributed by atoms with Gasteiger partial charge >= 0.3 is 0 Å². The van der Waals surface area contributed by atoms with Crippen LogP contribution in [0.2, 0.25) is 0 Å². The second-order valence-corrected chi connectivity index (χ2v) is 6.61. The Kier molecular flexibility index (Phi) is 4.49. The molecule has 0 N–H and O–H groups in total. The van der Waals surface area contributed by atoms with E-state index in [1.165, 1.54) is 4.90 Å². The Bertz CT molecular complexity index is 1040. The molecular weight excluding hydrogens is 352 g/mol. The number of para-hydroxylation sites is 1. The molecule has 3 aromatic rings. The van der Waals surface area contributed by atoms with E-state index in [0.29, 0.717) is 22.4 Å². The summed E-state index contributed by atoms with van der Waals surface area (Å²) in [5.41, 5.74) is 2.71. The molecular formula is C23H18N2O3. The zero-order chi connectivity index (χ0) is 19.7. The topological polar surface area (TPSA) is 57.7 Å². The number of aryl methyl sites for hydroxylation is 1. The largest absolute Gasteiger partial charge is 0.290 e. The molecule has 3 aromatic carbocycles. The Morgan fingerprint density at radius 3 is 1.93 bits per heavy atom. The Balaban J connectivity index is 1.72. The minimum atomic E-state index is -0.390. The summed E-state index contributed by atoms with van der Waals surface area (Å²) >= 11 is 0. The molecule has 5 heteroatoms. The van der Waals surface area contributed by atoms with Gasteiger partial charge in [0.25, 0.3) is 17.7 Å². The summed E-state index contributed by atoms with van der Waals surface area (Å²) < 4.78 is 0. The van der Waals surface area contributed by atoms with Crippen LogP contribution in [0.3, 0.4) is 0 Å². The molecule has 0 bridgehead atoms. The van der Waals surface area contributed by atoms with Crippen molar-refractivity contribution in [2.75, 3.05) is 11.6 Å². The molecule has 138 valence electrons. The van der Waals surface area contributed by atoms with Crippen LogP contribution in [0.25, 0.3) is 0 Å². The van der Waals surface area contributed by atoms with Crippen molar-refractivity contribution >= 4 is 23.4 Å². The minimum absolute atomic E-state index is 0.149. The Morgan fingerprint density at radius 1 is 0.786 bits per heavy atom. The van der Waals surface area contributed by atoms with Crippen molar-refractivity contribution in [1.29, 1.82) is 0 Å². The molecule has 0 aliphatic carbocycles. The summed E-state index contributed by atoms with van der Waals surface area (Å²) in [5, 5.41) is 0. The van der Waals surface area contributed by atoms with Gasteiger partial charge in [-0.15, -0.1) is 0 Å². The Morgan fingerprint density at radius 2 is 1.32 bits per heavy atom. The summed E-state index contributed by atoms with van der Waals surface area (Å²) in [6.45, 7) is 1.71. The first-order valence-corrected chi connectivity index (χ1v) is 8.95. The van der Waals surface area contributed by atoms with Crippen LogP contribution in [0.5, 0.6) is 0 Å². The molecule has 0 aromatic heterocycles. The van der Waals surface area contributed by atoms with Crippen LogP contribution in [0, 0.1) is 6.92 Å². The van der Waals surface area contributed by atoms with Gasteiger partial charge in [-0.05, 0) is 42.8 Å². The summed E-state index contributed by atoms with van der Waals surface area (Å²) in [6.07, 6.45) is 0. The monoisotopic (exact) mass is 370 g/mol. The second kappa shape index (κ2) is 7.12. The highest BCUT2D eigenvalue weighted by atomic mass is 16.2. The predicted octanol–water partition coefficient (Wildman–Crippen LogP) is 3.90. The fourth-order valence-electron chi connectivity index (χ4n) is 3.34. The first kappa shape index (κ1) is 17.7. The maximum absolute atomic E-state index is 13.3. The van der Waals surface area contributed by atoms with Crippen LogP contribution in [-0.2, 0) is 0 Å². The van der Waals surface area contributed by atoms with E-state index in [0.717, 1.165) is 10.5 Å². The summed E-state index contributed by atoms with van der Waals surface area (Å²) in [4.78, 5) is 41.4. The molecule has 1 aliphatic heterocycles. The van der Waals surface area contributed by atoms with E-state index in [2.05, 4.69) is 0 Å². The van der Waals surface area contributed by atoms with Crippen molar-refractivity contribution < 1.29 is 14.4 Å². The maximum Gasteiger partial charge on any atom is 0.263 e. The Labute approximate surface area is 162 Å². The zero-order valence-electron chi connectivity index (χ0n) is 15.3. The fourth-order valence-corrected chi connectivity index (χ4v) is 3.34. The number of nitrogens with zero attached hydrogens (tertiary/aromatic N) is 2. The van der Waals surface area contributed by atoms with E-state index < -0.39 is 0 Å². The van der Waals surface area contributed by atoms with E-state index in [4.69, 9.17) is 0 Å². The van der Waals surface area contributed by atoms with Crippen LogP contribution >= 0.6 is 0 Å². The third-order valence-electron chi connectivity index (χ3n) is 4.85. The highest BCUT2D eigenvalue weighted by Crippen LogP contribution is 2.25. The van der Waals surface area contributed by atoms with Crippen molar-refractivity contribution in [3.05, 3.63) is 101 Å². The molecule has 0 radical (unpaired) electrons. The van der Waals surface area contributed by atoms with Crippen molar-refractivity contribution in [3.63, 3.8) is 0 Å². The number of hydrogen-bond acceptors (Lipinski definition) is 3. The molecule has 5 nitrogen and oxygen atoms in total. The summed E-state index contributed by atoms with van der Waals surface area (Å²) in [7, 11) is 0. The molecule has 4 rings (SSSR count). The number of carbonyl (C=O) groups is 3. The quantitative estimate of drug-likeness (QED) is 0.655. The third-order valence-corrected chi connectivity index (χ3v) is 4.85. The first-order valence-electron chi connectivity index (χ1n) is 8.95. The number of benzene rings is 3. The van der Waals surface area contributed by atoms with Gasteiger partial charge in [-0.3, -0.25) is 24.2 Å².